The largest absolute Gasteiger partial charge is 0.456 e. The summed E-state index contributed by atoms with van der Waals surface area (Å²) in [6.07, 6.45) is 9.00. The van der Waals surface area contributed by atoms with Crippen LogP contribution in [0.1, 0.15) is 18.4 Å². The molecule has 3 heteroatoms. The van der Waals surface area contributed by atoms with E-state index >= 15 is 0 Å². The third kappa shape index (κ3) is 4.32. The summed E-state index contributed by atoms with van der Waals surface area (Å²) in [4.78, 5) is 0. The first-order chi connectivity index (χ1) is 25.7. The molecular formula is C49H34N2O. The van der Waals surface area contributed by atoms with Gasteiger partial charge in [-0.1, -0.05) is 110 Å². The van der Waals surface area contributed by atoms with Gasteiger partial charge >= 0.3 is 0 Å². The summed E-state index contributed by atoms with van der Waals surface area (Å²) in [5.41, 5.74) is 12.6. The molecule has 0 radical (unpaired) electrons. The summed E-state index contributed by atoms with van der Waals surface area (Å²) < 4.78 is 11.3. The van der Waals surface area contributed by atoms with Crippen LogP contribution in [0, 0.1) is 5.92 Å². The van der Waals surface area contributed by atoms with E-state index in [1.165, 1.54) is 60.3 Å². The van der Waals surface area contributed by atoms with Crippen LogP contribution >= 0.6 is 0 Å². The number of para-hydroxylation sites is 2. The molecule has 3 aromatic heterocycles. The average Bonchev–Trinajstić information content (AvgIpc) is 3.85. The molecule has 0 aliphatic heterocycles. The number of furan rings is 1. The van der Waals surface area contributed by atoms with Crippen molar-refractivity contribution in [1.82, 2.24) is 9.13 Å². The Morgan fingerprint density at radius 3 is 1.63 bits per heavy atom. The lowest BCUT2D eigenvalue weighted by molar-refractivity contribution is 0.636. The lowest BCUT2D eigenvalue weighted by Crippen LogP contribution is -2.07. The number of aromatic nitrogens is 2. The van der Waals surface area contributed by atoms with Crippen LogP contribution < -0.4 is 0 Å². The first-order valence-corrected chi connectivity index (χ1v) is 18.1. The van der Waals surface area contributed by atoms with E-state index in [9.17, 15) is 0 Å². The highest BCUT2D eigenvalue weighted by atomic mass is 16.3. The molecule has 52 heavy (non-hydrogen) atoms. The van der Waals surface area contributed by atoms with E-state index in [2.05, 4.69) is 192 Å². The van der Waals surface area contributed by atoms with Gasteiger partial charge in [0.1, 0.15) is 11.2 Å². The SMILES string of the molecule is CC1C=CC=CC1c1ccc2c(c1)c1cc(-c3ccccc3)ccc1n2-c1ccc2oc3ccc(-n4c5ccccc5c5ccccc54)cc3c2c1. The van der Waals surface area contributed by atoms with Crippen molar-refractivity contribution < 1.29 is 4.42 Å². The van der Waals surface area contributed by atoms with Gasteiger partial charge in [0.05, 0.1) is 22.1 Å². The smallest absolute Gasteiger partial charge is 0.135 e. The number of hydrogen-bond acceptors (Lipinski definition) is 1. The Morgan fingerprint density at radius 1 is 0.423 bits per heavy atom. The Hall–Kier alpha value is -6.58. The van der Waals surface area contributed by atoms with Crippen LogP contribution in [0.3, 0.4) is 0 Å². The Balaban J connectivity index is 1.13. The summed E-state index contributed by atoms with van der Waals surface area (Å²) in [7, 11) is 0. The van der Waals surface area contributed by atoms with Crippen LogP contribution in [0.25, 0.3) is 88.1 Å². The van der Waals surface area contributed by atoms with Gasteiger partial charge in [0.2, 0.25) is 0 Å². The zero-order valence-electron chi connectivity index (χ0n) is 28.7. The van der Waals surface area contributed by atoms with Gasteiger partial charge < -0.3 is 13.6 Å². The van der Waals surface area contributed by atoms with Gasteiger partial charge in [-0.05, 0) is 95.4 Å². The van der Waals surface area contributed by atoms with E-state index < -0.39 is 0 Å². The number of hydrogen-bond donors (Lipinski definition) is 0. The van der Waals surface area contributed by atoms with Gasteiger partial charge in [0, 0.05) is 49.6 Å². The van der Waals surface area contributed by atoms with Crippen LogP contribution in [0.2, 0.25) is 0 Å². The minimum absolute atomic E-state index is 0.350. The third-order valence-corrected chi connectivity index (χ3v) is 11.2. The molecule has 0 spiro atoms. The number of allylic oxidation sites excluding steroid dienone is 4. The van der Waals surface area contributed by atoms with Crippen molar-refractivity contribution in [3.63, 3.8) is 0 Å². The van der Waals surface area contributed by atoms with Gasteiger partial charge in [0.25, 0.3) is 0 Å². The zero-order chi connectivity index (χ0) is 34.3. The summed E-state index contributed by atoms with van der Waals surface area (Å²) in [5.74, 6) is 0.794. The second-order valence-electron chi connectivity index (χ2n) is 14.2. The number of benzene rings is 7. The van der Waals surface area contributed by atoms with Gasteiger partial charge in [0.15, 0.2) is 0 Å². The molecule has 3 nitrogen and oxygen atoms in total. The molecule has 3 heterocycles. The molecular weight excluding hydrogens is 633 g/mol. The summed E-state index contributed by atoms with van der Waals surface area (Å²) in [6, 6.07) is 55.3. The Bertz CT molecular complexity index is 3040. The van der Waals surface area contributed by atoms with Crippen LogP contribution in [-0.2, 0) is 0 Å². The average molecular weight is 667 g/mol. The highest BCUT2D eigenvalue weighted by Crippen LogP contribution is 2.41. The maximum absolute atomic E-state index is 6.47. The second-order valence-corrected chi connectivity index (χ2v) is 14.2. The number of rotatable bonds is 4. The highest BCUT2D eigenvalue weighted by molar-refractivity contribution is 6.13. The van der Waals surface area contributed by atoms with E-state index in [0.29, 0.717) is 11.8 Å². The molecule has 7 aromatic carbocycles. The zero-order valence-corrected chi connectivity index (χ0v) is 28.7. The highest BCUT2D eigenvalue weighted by Gasteiger charge is 2.21. The fourth-order valence-corrected chi connectivity index (χ4v) is 8.70. The summed E-state index contributed by atoms with van der Waals surface area (Å²) >= 11 is 0. The maximum Gasteiger partial charge on any atom is 0.135 e. The third-order valence-electron chi connectivity index (χ3n) is 11.2. The predicted molar refractivity (Wildman–Crippen MR) is 218 cm³/mol. The quantitative estimate of drug-likeness (QED) is 0.183. The first-order valence-electron chi connectivity index (χ1n) is 18.1. The van der Waals surface area contributed by atoms with Gasteiger partial charge in [-0.25, -0.2) is 0 Å². The Morgan fingerprint density at radius 2 is 0.981 bits per heavy atom. The van der Waals surface area contributed by atoms with Crippen molar-refractivity contribution in [2.45, 2.75) is 12.8 Å². The normalized spacial score (nSPS) is 16.0. The minimum atomic E-state index is 0.350. The van der Waals surface area contributed by atoms with Crippen molar-refractivity contribution in [2.24, 2.45) is 5.92 Å². The molecule has 11 rings (SSSR count). The molecule has 0 saturated carbocycles. The minimum Gasteiger partial charge on any atom is -0.456 e. The van der Waals surface area contributed by atoms with Gasteiger partial charge in [-0.2, -0.15) is 0 Å². The van der Waals surface area contributed by atoms with Crippen molar-refractivity contribution >= 4 is 65.6 Å². The molecule has 10 aromatic rings. The van der Waals surface area contributed by atoms with Crippen LogP contribution in [-0.4, -0.2) is 9.13 Å². The molecule has 0 N–H and O–H groups in total. The van der Waals surface area contributed by atoms with Crippen molar-refractivity contribution in [3.05, 3.63) is 182 Å². The number of nitrogens with zero attached hydrogens (tertiary/aromatic N) is 2. The standard InChI is InChI=1S/C49H34N2O/c1-31-11-5-6-14-37(31)34-20-24-47-41(28-34)40-27-33(32-12-3-2-4-13-32)19-23-46(40)51(47)36-22-26-49-43(30-36)42-29-35(21-25-48(42)52-49)50-44-17-9-7-15-38(44)39-16-8-10-18-45(39)50/h2-31,37H,1H3. The Labute approximate surface area is 300 Å². The van der Waals surface area contributed by atoms with E-state index in [1.807, 2.05) is 0 Å². The molecule has 0 fully saturated rings. The maximum atomic E-state index is 6.47. The molecule has 2 unspecified atom stereocenters. The molecule has 0 bridgehead atoms. The predicted octanol–water partition coefficient (Wildman–Crippen LogP) is 13.3. The second kappa shape index (κ2) is 11.2. The fraction of sp³-hybridized carbons (Fsp3) is 0.0612. The van der Waals surface area contributed by atoms with Crippen LogP contribution in [0.4, 0.5) is 0 Å². The summed E-state index contributed by atoms with van der Waals surface area (Å²) in [5, 5.41) is 7.26. The van der Waals surface area contributed by atoms with E-state index in [4.69, 9.17) is 4.42 Å². The van der Waals surface area contributed by atoms with Crippen LogP contribution in [0.15, 0.2) is 180 Å². The van der Waals surface area contributed by atoms with E-state index in [1.54, 1.807) is 0 Å². The van der Waals surface area contributed by atoms with Crippen molar-refractivity contribution in [3.8, 4) is 22.5 Å². The van der Waals surface area contributed by atoms with Gasteiger partial charge in [-0.3, -0.25) is 0 Å². The summed E-state index contributed by atoms with van der Waals surface area (Å²) in [6.45, 7) is 2.31. The lowest BCUT2D eigenvalue weighted by atomic mass is 9.84. The van der Waals surface area contributed by atoms with E-state index in [-0.39, 0.29) is 0 Å². The lowest BCUT2D eigenvalue weighted by Gasteiger charge is -2.21. The topological polar surface area (TPSA) is 23.0 Å². The van der Waals surface area contributed by atoms with Crippen molar-refractivity contribution in [2.75, 3.05) is 0 Å². The number of fused-ring (bicyclic) bond motifs is 9. The van der Waals surface area contributed by atoms with Gasteiger partial charge in [-0.15, -0.1) is 0 Å². The molecule has 246 valence electrons. The monoisotopic (exact) mass is 666 g/mol. The van der Waals surface area contributed by atoms with Crippen LogP contribution in [0.5, 0.6) is 0 Å². The molecule has 0 amide bonds. The Kier molecular flexibility index (Phi) is 6.29. The van der Waals surface area contributed by atoms with Crippen molar-refractivity contribution in [1.29, 1.82) is 0 Å². The first kappa shape index (κ1) is 29.2. The fourth-order valence-electron chi connectivity index (χ4n) is 8.70. The molecule has 0 saturated heterocycles. The van der Waals surface area contributed by atoms with E-state index in [0.717, 1.165) is 33.3 Å². The molecule has 2 atom stereocenters. The molecule has 1 aliphatic rings. The molecule has 1 aliphatic carbocycles.